The van der Waals surface area contributed by atoms with Crippen LogP contribution >= 0.6 is 27.3 Å². The predicted molar refractivity (Wildman–Crippen MR) is 66.8 cm³/mol. The molecule has 1 aromatic rings. The molecule has 0 fully saturated rings. The zero-order valence-corrected chi connectivity index (χ0v) is 11.8. The number of thiophene rings is 1. The topological polar surface area (TPSA) is 43.4 Å². The maximum absolute atomic E-state index is 12.1. The Morgan fingerprint density at radius 2 is 2.12 bits per heavy atom. The predicted octanol–water partition coefficient (Wildman–Crippen LogP) is 3.28. The molecule has 0 unspecified atom stereocenters. The van der Waals surface area contributed by atoms with Crippen LogP contribution in [0.25, 0.3) is 0 Å². The number of carbonyl (C=O) groups excluding carboxylic acids is 2. The first-order valence-corrected chi connectivity index (χ1v) is 6.53. The Hall–Kier alpha value is -0.680. The van der Waals surface area contributed by atoms with Crippen molar-refractivity contribution >= 4 is 39.0 Å². The molecule has 0 amide bonds. The van der Waals surface area contributed by atoms with Crippen LogP contribution in [0, 0.1) is 5.41 Å². The van der Waals surface area contributed by atoms with E-state index in [0.29, 0.717) is 4.88 Å². The molecule has 0 N–H and O–H groups in total. The minimum absolute atomic E-state index is 0.207. The number of halogens is 1. The Morgan fingerprint density at radius 1 is 1.50 bits per heavy atom. The first-order chi connectivity index (χ1) is 7.39. The summed E-state index contributed by atoms with van der Waals surface area (Å²) in [6.45, 7) is 5.17. The fraction of sp³-hybridized carbons (Fsp3) is 0.455. The monoisotopic (exact) mass is 304 g/mol. The lowest BCUT2D eigenvalue weighted by Crippen LogP contribution is -2.34. The fourth-order valence-corrected chi connectivity index (χ4v) is 2.67. The molecular formula is C11H13BrO3S. The van der Waals surface area contributed by atoms with Gasteiger partial charge >= 0.3 is 5.97 Å². The van der Waals surface area contributed by atoms with Crippen LogP contribution in [0.5, 0.6) is 0 Å². The van der Waals surface area contributed by atoms with Crippen LogP contribution in [0.1, 0.15) is 30.4 Å². The molecule has 5 heteroatoms. The lowest BCUT2D eigenvalue weighted by Gasteiger charge is -2.19. The Bertz CT molecular complexity index is 409. The van der Waals surface area contributed by atoms with Crippen molar-refractivity contribution in [2.24, 2.45) is 5.41 Å². The van der Waals surface area contributed by atoms with Crippen LogP contribution in [0.15, 0.2) is 15.9 Å². The Morgan fingerprint density at radius 3 is 2.56 bits per heavy atom. The highest BCUT2D eigenvalue weighted by molar-refractivity contribution is 9.10. The summed E-state index contributed by atoms with van der Waals surface area (Å²) in [7, 11) is 0. The van der Waals surface area contributed by atoms with E-state index >= 15 is 0 Å². The summed E-state index contributed by atoms with van der Waals surface area (Å²) in [4.78, 5) is 24.3. The summed E-state index contributed by atoms with van der Waals surface area (Å²) in [5, 5.41) is 1.81. The van der Waals surface area contributed by atoms with Gasteiger partial charge in [-0.1, -0.05) is 0 Å². The summed E-state index contributed by atoms with van der Waals surface area (Å²) >= 11 is 4.59. The van der Waals surface area contributed by atoms with Gasteiger partial charge in [-0.2, -0.15) is 0 Å². The molecule has 1 aromatic heterocycles. The zero-order chi connectivity index (χ0) is 12.3. The first kappa shape index (κ1) is 13.4. The Kier molecular flexibility index (Phi) is 4.27. The van der Waals surface area contributed by atoms with Crippen molar-refractivity contribution < 1.29 is 14.3 Å². The van der Waals surface area contributed by atoms with Crippen LogP contribution in [0.3, 0.4) is 0 Å². The highest BCUT2D eigenvalue weighted by atomic mass is 79.9. The third-order valence-electron chi connectivity index (χ3n) is 2.14. The van der Waals surface area contributed by atoms with Crippen molar-refractivity contribution in [1.29, 1.82) is 0 Å². The number of carbonyl (C=O) groups is 2. The summed E-state index contributed by atoms with van der Waals surface area (Å²) in [5.41, 5.74) is -1.12. The quantitative estimate of drug-likeness (QED) is 0.487. The molecule has 1 heterocycles. The normalized spacial score (nSPS) is 11.2. The van der Waals surface area contributed by atoms with Gasteiger partial charge in [0, 0.05) is 9.85 Å². The van der Waals surface area contributed by atoms with Crippen molar-refractivity contribution in [3.63, 3.8) is 0 Å². The molecule has 0 radical (unpaired) electrons. The van der Waals surface area contributed by atoms with E-state index in [1.807, 2.05) is 5.38 Å². The zero-order valence-electron chi connectivity index (χ0n) is 9.37. The van der Waals surface area contributed by atoms with Gasteiger partial charge < -0.3 is 4.74 Å². The lowest BCUT2D eigenvalue weighted by atomic mass is 9.87. The number of hydrogen-bond acceptors (Lipinski definition) is 4. The molecule has 0 atom stereocenters. The van der Waals surface area contributed by atoms with Gasteiger partial charge in [-0.15, -0.1) is 11.3 Å². The largest absolute Gasteiger partial charge is 0.465 e. The molecule has 1 rings (SSSR count). The van der Waals surface area contributed by atoms with Gasteiger partial charge in [-0.3, -0.25) is 9.59 Å². The minimum Gasteiger partial charge on any atom is -0.465 e. The van der Waals surface area contributed by atoms with Crippen molar-refractivity contribution in [3.05, 3.63) is 20.8 Å². The standard InChI is InChI=1S/C11H13BrO3S/c1-4-15-10(14)11(2,3)9(13)8-5-7(12)6-16-8/h5-6H,4H2,1-3H3. The molecule has 16 heavy (non-hydrogen) atoms. The average molecular weight is 305 g/mol. The smallest absolute Gasteiger partial charge is 0.319 e. The Balaban J connectivity index is 2.91. The second-order valence-corrected chi connectivity index (χ2v) is 5.63. The molecule has 0 aliphatic rings. The average Bonchev–Trinajstić information content (AvgIpc) is 2.64. The van der Waals surface area contributed by atoms with E-state index in [1.165, 1.54) is 11.3 Å². The number of ketones is 1. The van der Waals surface area contributed by atoms with Crippen molar-refractivity contribution in [3.8, 4) is 0 Å². The highest BCUT2D eigenvalue weighted by Gasteiger charge is 2.38. The summed E-state index contributed by atoms with van der Waals surface area (Å²) in [5.74, 6) is -0.689. The molecular weight excluding hydrogens is 292 g/mol. The molecule has 0 saturated heterocycles. The lowest BCUT2D eigenvalue weighted by molar-refractivity contribution is -0.150. The van der Waals surface area contributed by atoms with Gasteiger partial charge in [0.15, 0.2) is 5.78 Å². The van der Waals surface area contributed by atoms with Crippen LogP contribution in [0.2, 0.25) is 0 Å². The number of ether oxygens (including phenoxy) is 1. The van der Waals surface area contributed by atoms with E-state index in [-0.39, 0.29) is 12.4 Å². The van der Waals surface area contributed by atoms with Crippen LogP contribution in [0.4, 0.5) is 0 Å². The van der Waals surface area contributed by atoms with Gasteiger partial charge in [-0.05, 0) is 42.8 Å². The fourth-order valence-electron chi connectivity index (χ4n) is 1.14. The number of esters is 1. The van der Waals surface area contributed by atoms with E-state index < -0.39 is 11.4 Å². The maximum Gasteiger partial charge on any atom is 0.319 e. The number of Topliss-reactive ketones (excluding diaryl/α,β-unsaturated/α-hetero) is 1. The van der Waals surface area contributed by atoms with Crippen LogP contribution in [-0.2, 0) is 9.53 Å². The molecule has 3 nitrogen and oxygen atoms in total. The summed E-state index contributed by atoms with van der Waals surface area (Å²) in [6.07, 6.45) is 0. The van der Waals surface area contributed by atoms with Crippen LogP contribution < -0.4 is 0 Å². The van der Waals surface area contributed by atoms with E-state index in [9.17, 15) is 9.59 Å². The second kappa shape index (κ2) is 5.10. The van der Waals surface area contributed by atoms with E-state index in [4.69, 9.17) is 4.74 Å². The molecule has 0 aromatic carbocycles. The first-order valence-electron chi connectivity index (χ1n) is 4.85. The van der Waals surface area contributed by atoms with Crippen molar-refractivity contribution in [2.45, 2.75) is 20.8 Å². The van der Waals surface area contributed by atoms with E-state index in [0.717, 1.165) is 4.47 Å². The maximum atomic E-state index is 12.1. The molecule has 0 bridgehead atoms. The Labute approximate surface area is 107 Å². The van der Waals surface area contributed by atoms with Gasteiger partial charge in [0.25, 0.3) is 0 Å². The summed E-state index contributed by atoms with van der Waals surface area (Å²) in [6, 6.07) is 1.72. The molecule has 0 aliphatic carbocycles. The minimum atomic E-state index is -1.12. The molecule has 0 spiro atoms. The number of hydrogen-bond donors (Lipinski definition) is 0. The van der Waals surface area contributed by atoms with E-state index in [2.05, 4.69) is 15.9 Å². The number of rotatable bonds is 4. The molecule has 88 valence electrons. The third-order valence-corrected chi connectivity index (χ3v) is 3.83. The second-order valence-electron chi connectivity index (χ2n) is 3.80. The molecule has 0 aliphatic heterocycles. The van der Waals surface area contributed by atoms with Crippen LogP contribution in [-0.4, -0.2) is 18.4 Å². The third kappa shape index (κ3) is 2.71. The highest BCUT2D eigenvalue weighted by Crippen LogP contribution is 2.29. The van der Waals surface area contributed by atoms with E-state index in [1.54, 1.807) is 26.8 Å². The van der Waals surface area contributed by atoms with Crippen molar-refractivity contribution in [1.82, 2.24) is 0 Å². The van der Waals surface area contributed by atoms with Gasteiger partial charge in [0.2, 0.25) is 0 Å². The van der Waals surface area contributed by atoms with Gasteiger partial charge in [-0.25, -0.2) is 0 Å². The SMILES string of the molecule is CCOC(=O)C(C)(C)C(=O)c1cc(Br)cs1. The summed E-state index contributed by atoms with van der Waals surface area (Å²) < 4.78 is 5.74. The van der Waals surface area contributed by atoms with Gasteiger partial charge in [0.05, 0.1) is 11.5 Å². The van der Waals surface area contributed by atoms with Gasteiger partial charge in [0.1, 0.15) is 5.41 Å². The molecule has 0 saturated carbocycles. The van der Waals surface area contributed by atoms with Crippen molar-refractivity contribution in [2.75, 3.05) is 6.61 Å².